The van der Waals surface area contributed by atoms with E-state index in [4.69, 9.17) is 4.74 Å². The van der Waals surface area contributed by atoms with Gasteiger partial charge in [-0.25, -0.2) is 4.98 Å². The molecule has 0 spiro atoms. The van der Waals surface area contributed by atoms with Gasteiger partial charge < -0.3 is 10.1 Å². The second kappa shape index (κ2) is 7.23. The van der Waals surface area contributed by atoms with Crippen molar-refractivity contribution in [2.75, 3.05) is 11.9 Å². The lowest BCUT2D eigenvalue weighted by molar-refractivity contribution is -0.116. The second-order valence-electron chi connectivity index (χ2n) is 7.14. The van der Waals surface area contributed by atoms with Crippen molar-refractivity contribution in [3.8, 4) is 11.4 Å². The highest BCUT2D eigenvalue weighted by Crippen LogP contribution is 2.38. The van der Waals surface area contributed by atoms with E-state index in [1.165, 1.54) is 0 Å². The third-order valence-corrected chi connectivity index (χ3v) is 4.54. The molecule has 0 bridgehead atoms. The molecule has 0 saturated heterocycles. The van der Waals surface area contributed by atoms with E-state index >= 15 is 0 Å². The summed E-state index contributed by atoms with van der Waals surface area (Å²) in [6.07, 6.45) is 5.57. The molecule has 27 heavy (non-hydrogen) atoms. The van der Waals surface area contributed by atoms with Crippen molar-refractivity contribution in [1.29, 1.82) is 0 Å². The molecule has 138 valence electrons. The predicted octanol–water partition coefficient (Wildman–Crippen LogP) is 3.78. The molecule has 6 nitrogen and oxygen atoms in total. The van der Waals surface area contributed by atoms with E-state index in [0.29, 0.717) is 24.8 Å². The number of carbonyl (C=O) groups is 1. The molecule has 3 heterocycles. The minimum atomic E-state index is -0.103. The van der Waals surface area contributed by atoms with Crippen LogP contribution in [0.5, 0.6) is 5.75 Å². The number of benzene rings is 1. The SMILES string of the molecule is CC(C)COc1cccc([C@@H]2CC(=O)Nc3c2ncn3-c2cccnc2)c1. The Balaban J connectivity index is 1.69. The number of fused-ring (bicyclic) bond motifs is 1. The highest BCUT2D eigenvalue weighted by molar-refractivity contribution is 5.94. The predicted molar refractivity (Wildman–Crippen MR) is 103 cm³/mol. The van der Waals surface area contributed by atoms with Crippen molar-refractivity contribution in [2.45, 2.75) is 26.2 Å². The molecule has 6 heteroatoms. The standard InChI is InChI=1S/C21H22N4O2/c1-14(2)12-27-17-7-3-5-15(9-17)18-10-19(26)24-21-20(18)23-13-25(21)16-6-4-8-22-11-16/h3-9,11,13-14,18H,10,12H2,1-2H3,(H,24,26)/t18-/m0/s1. The van der Waals surface area contributed by atoms with Crippen molar-refractivity contribution < 1.29 is 9.53 Å². The largest absolute Gasteiger partial charge is 0.493 e. The molecule has 0 unspecified atom stereocenters. The average Bonchev–Trinajstić information content (AvgIpc) is 3.10. The highest BCUT2D eigenvalue weighted by atomic mass is 16.5. The quantitative estimate of drug-likeness (QED) is 0.750. The number of rotatable bonds is 5. The molecule has 1 aliphatic heterocycles. The van der Waals surface area contributed by atoms with Crippen molar-refractivity contribution in [1.82, 2.24) is 14.5 Å². The number of anilines is 1. The molecule has 0 fully saturated rings. The van der Waals surface area contributed by atoms with Gasteiger partial charge in [0.2, 0.25) is 5.91 Å². The molecule has 1 N–H and O–H groups in total. The van der Waals surface area contributed by atoms with Crippen LogP contribution in [0.4, 0.5) is 5.82 Å². The van der Waals surface area contributed by atoms with E-state index in [0.717, 1.165) is 22.7 Å². The molecule has 1 aromatic carbocycles. The number of pyridine rings is 1. The molecule has 0 aliphatic carbocycles. The molecule has 1 aliphatic rings. The summed E-state index contributed by atoms with van der Waals surface area (Å²) in [6, 6.07) is 11.8. The van der Waals surface area contributed by atoms with E-state index in [1.54, 1.807) is 18.7 Å². The second-order valence-corrected chi connectivity index (χ2v) is 7.14. The number of imidazole rings is 1. The Labute approximate surface area is 158 Å². The van der Waals surface area contributed by atoms with E-state index in [-0.39, 0.29) is 11.8 Å². The Morgan fingerprint density at radius 3 is 2.96 bits per heavy atom. The molecule has 1 atom stereocenters. The van der Waals surface area contributed by atoms with Crippen LogP contribution in [0.3, 0.4) is 0 Å². The summed E-state index contributed by atoms with van der Waals surface area (Å²) in [5, 5.41) is 2.96. The summed E-state index contributed by atoms with van der Waals surface area (Å²) >= 11 is 0. The van der Waals surface area contributed by atoms with Crippen LogP contribution in [-0.2, 0) is 4.79 Å². The van der Waals surface area contributed by atoms with Gasteiger partial charge in [-0.2, -0.15) is 0 Å². The zero-order chi connectivity index (χ0) is 18.8. The fourth-order valence-corrected chi connectivity index (χ4v) is 3.26. The van der Waals surface area contributed by atoms with Gasteiger partial charge in [0.1, 0.15) is 17.9 Å². The number of hydrogen-bond donors (Lipinski definition) is 1. The normalized spacial score (nSPS) is 16.1. The van der Waals surface area contributed by atoms with Gasteiger partial charge in [0.15, 0.2) is 0 Å². The van der Waals surface area contributed by atoms with Gasteiger partial charge in [0.05, 0.1) is 24.2 Å². The molecule has 4 rings (SSSR count). The molecule has 0 saturated carbocycles. The van der Waals surface area contributed by atoms with Gasteiger partial charge in [-0.15, -0.1) is 0 Å². The lowest BCUT2D eigenvalue weighted by Gasteiger charge is -2.23. The van der Waals surface area contributed by atoms with Crippen LogP contribution >= 0.6 is 0 Å². The first-order valence-electron chi connectivity index (χ1n) is 9.12. The van der Waals surface area contributed by atoms with Crippen LogP contribution in [-0.4, -0.2) is 27.0 Å². The molecule has 2 aromatic heterocycles. The Hall–Kier alpha value is -3.15. The number of ether oxygens (including phenoxy) is 1. The van der Waals surface area contributed by atoms with Crippen molar-refractivity contribution in [3.05, 3.63) is 66.4 Å². The number of hydrogen-bond acceptors (Lipinski definition) is 4. The summed E-state index contributed by atoms with van der Waals surface area (Å²) in [5.41, 5.74) is 2.75. The van der Waals surface area contributed by atoms with Gasteiger partial charge in [-0.1, -0.05) is 26.0 Å². The maximum atomic E-state index is 12.4. The number of carbonyl (C=O) groups excluding carboxylic acids is 1. The van der Waals surface area contributed by atoms with Gasteiger partial charge in [-0.05, 0) is 35.7 Å². The first kappa shape index (κ1) is 17.3. The van der Waals surface area contributed by atoms with Crippen molar-refractivity contribution in [3.63, 3.8) is 0 Å². The Morgan fingerprint density at radius 2 is 2.19 bits per heavy atom. The Morgan fingerprint density at radius 1 is 1.30 bits per heavy atom. The summed E-state index contributed by atoms with van der Waals surface area (Å²) in [6.45, 7) is 4.90. The zero-order valence-corrected chi connectivity index (χ0v) is 15.4. The third kappa shape index (κ3) is 3.56. The number of aromatic nitrogens is 3. The fraction of sp³-hybridized carbons (Fsp3) is 0.286. The molecule has 0 radical (unpaired) electrons. The Bertz CT molecular complexity index is 950. The molecule has 3 aromatic rings. The topological polar surface area (TPSA) is 69.0 Å². The molecular formula is C21H22N4O2. The first-order valence-corrected chi connectivity index (χ1v) is 9.12. The van der Waals surface area contributed by atoms with Crippen molar-refractivity contribution >= 4 is 11.7 Å². The van der Waals surface area contributed by atoms with Crippen LogP contribution in [0.1, 0.15) is 37.4 Å². The van der Waals surface area contributed by atoms with Crippen LogP contribution < -0.4 is 10.1 Å². The van der Waals surface area contributed by atoms with Gasteiger partial charge in [0.25, 0.3) is 0 Å². The van der Waals surface area contributed by atoms with E-state index in [9.17, 15) is 4.79 Å². The minimum absolute atomic E-state index is 0.0216. The molecule has 1 amide bonds. The van der Waals surface area contributed by atoms with Gasteiger partial charge in [-0.3, -0.25) is 14.3 Å². The Kier molecular flexibility index (Phi) is 4.62. The van der Waals surface area contributed by atoms with Crippen molar-refractivity contribution in [2.24, 2.45) is 5.92 Å². The van der Waals surface area contributed by atoms with Crippen LogP contribution in [0.25, 0.3) is 5.69 Å². The van der Waals surface area contributed by atoms with Crippen LogP contribution in [0, 0.1) is 5.92 Å². The van der Waals surface area contributed by atoms with Crippen LogP contribution in [0.2, 0.25) is 0 Å². The van der Waals surface area contributed by atoms with E-state index in [1.807, 2.05) is 41.0 Å². The minimum Gasteiger partial charge on any atom is -0.493 e. The number of amides is 1. The fourth-order valence-electron chi connectivity index (χ4n) is 3.26. The number of nitrogens with one attached hydrogen (secondary N) is 1. The lowest BCUT2D eigenvalue weighted by atomic mass is 9.89. The number of nitrogens with zero attached hydrogens (tertiary/aromatic N) is 3. The maximum absolute atomic E-state index is 12.4. The summed E-state index contributed by atoms with van der Waals surface area (Å²) in [4.78, 5) is 21.2. The summed E-state index contributed by atoms with van der Waals surface area (Å²) in [7, 11) is 0. The van der Waals surface area contributed by atoms with E-state index in [2.05, 4.69) is 29.1 Å². The van der Waals surface area contributed by atoms with Crippen LogP contribution in [0.15, 0.2) is 55.1 Å². The first-order chi connectivity index (χ1) is 13.1. The summed E-state index contributed by atoms with van der Waals surface area (Å²) < 4.78 is 7.72. The highest BCUT2D eigenvalue weighted by Gasteiger charge is 2.31. The lowest BCUT2D eigenvalue weighted by Crippen LogP contribution is -2.25. The molecular weight excluding hydrogens is 340 g/mol. The smallest absolute Gasteiger partial charge is 0.226 e. The third-order valence-electron chi connectivity index (χ3n) is 4.54. The zero-order valence-electron chi connectivity index (χ0n) is 15.4. The van der Waals surface area contributed by atoms with E-state index < -0.39 is 0 Å². The van der Waals surface area contributed by atoms with Gasteiger partial charge >= 0.3 is 0 Å². The average molecular weight is 362 g/mol. The summed E-state index contributed by atoms with van der Waals surface area (Å²) in [5.74, 6) is 1.86. The van der Waals surface area contributed by atoms with Gasteiger partial charge in [0, 0.05) is 18.5 Å². The maximum Gasteiger partial charge on any atom is 0.226 e. The monoisotopic (exact) mass is 362 g/mol.